The maximum absolute atomic E-state index is 5.69. The molecule has 6 heteroatoms. The molecule has 0 aliphatic carbocycles. The van der Waals surface area contributed by atoms with Gasteiger partial charge in [-0.2, -0.15) is 5.10 Å². The van der Waals surface area contributed by atoms with Crippen LogP contribution in [-0.2, 0) is 17.7 Å². The number of nitrogens with zero attached hydrogens (tertiary/aromatic N) is 3. The van der Waals surface area contributed by atoms with Crippen LogP contribution in [0.2, 0.25) is 0 Å². The van der Waals surface area contributed by atoms with Gasteiger partial charge in [-0.1, -0.05) is 13.8 Å². The van der Waals surface area contributed by atoms with Crippen LogP contribution in [0.3, 0.4) is 0 Å². The van der Waals surface area contributed by atoms with E-state index in [1.807, 2.05) is 11.6 Å². The Morgan fingerprint density at radius 2 is 2.22 bits per heavy atom. The Bertz CT molecular complexity index is 328. The Labute approximate surface area is 109 Å². The lowest BCUT2D eigenvalue weighted by atomic mass is 10.1. The lowest BCUT2D eigenvalue weighted by Gasteiger charge is -2.25. The number of hydrazine groups is 1. The third-order valence-electron chi connectivity index (χ3n) is 2.98. The second kappa shape index (κ2) is 8.18. The number of aromatic nitrogens is 3. The summed E-state index contributed by atoms with van der Waals surface area (Å²) in [6, 6.07) is 0.0646. The van der Waals surface area contributed by atoms with E-state index in [1.165, 1.54) is 0 Å². The Morgan fingerprint density at radius 3 is 2.78 bits per heavy atom. The number of nitrogens with two attached hydrogens (primary N) is 1. The van der Waals surface area contributed by atoms with Crippen LogP contribution >= 0.6 is 0 Å². The molecule has 104 valence electrons. The van der Waals surface area contributed by atoms with Crippen LogP contribution in [0.4, 0.5) is 0 Å². The molecule has 6 nitrogen and oxygen atoms in total. The highest BCUT2D eigenvalue weighted by Crippen LogP contribution is 2.09. The molecule has 3 N–H and O–H groups in total. The van der Waals surface area contributed by atoms with Gasteiger partial charge in [0.05, 0.1) is 12.1 Å². The number of rotatable bonds is 9. The number of ether oxygens (including phenoxy) is 1. The monoisotopic (exact) mass is 255 g/mol. The second-order valence-corrected chi connectivity index (χ2v) is 4.28. The molecule has 2 atom stereocenters. The average Bonchev–Trinajstić information content (AvgIpc) is 2.81. The molecule has 0 radical (unpaired) electrons. The number of hydrogen-bond donors (Lipinski definition) is 2. The van der Waals surface area contributed by atoms with Crippen LogP contribution in [0, 0.1) is 0 Å². The van der Waals surface area contributed by atoms with Crippen molar-refractivity contribution in [2.45, 2.75) is 58.7 Å². The van der Waals surface area contributed by atoms with Crippen LogP contribution in [-0.4, -0.2) is 33.5 Å². The van der Waals surface area contributed by atoms with E-state index in [4.69, 9.17) is 10.6 Å². The van der Waals surface area contributed by atoms with E-state index >= 15 is 0 Å². The van der Waals surface area contributed by atoms with Gasteiger partial charge in [-0.25, -0.2) is 4.98 Å². The Kier molecular flexibility index (Phi) is 6.85. The third kappa shape index (κ3) is 4.04. The molecule has 1 heterocycles. The molecule has 1 aromatic heterocycles. The van der Waals surface area contributed by atoms with Crippen molar-refractivity contribution in [2.75, 3.05) is 6.61 Å². The SMILES string of the molecule is CCCn1ncnc1CC(NN)C(CC)OCC. The minimum absolute atomic E-state index is 0.0646. The highest BCUT2D eigenvalue weighted by atomic mass is 16.5. The molecule has 1 rings (SSSR count). The molecule has 18 heavy (non-hydrogen) atoms. The van der Waals surface area contributed by atoms with Gasteiger partial charge in [-0.15, -0.1) is 0 Å². The van der Waals surface area contributed by atoms with Gasteiger partial charge in [-0.05, 0) is 19.8 Å². The van der Waals surface area contributed by atoms with Crippen LogP contribution in [0.5, 0.6) is 0 Å². The predicted molar refractivity (Wildman–Crippen MR) is 70.8 cm³/mol. The van der Waals surface area contributed by atoms with Crippen molar-refractivity contribution in [1.82, 2.24) is 20.2 Å². The molecule has 0 aliphatic rings. The first-order valence-electron chi connectivity index (χ1n) is 6.71. The smallest absolute Gasteiger partial charge is 0.138 e. The minimum atomic E-state index is 0.0646. The van der Waals surface area contributed by atoms with Crippen molar-refractivity contribution in [3.05, 3.63) is 12.2 Å². The molecular weight excluding hydrogens is 230 g/mol. The Hall–Kier alpha value is -0.980. The first kappa shape index (κ1) is 15.1. The normalized spacial score (nSPS) is 14.7. The molecule has 0 amide bonds. The zero-order valence-corrected chi connectivity index (χ0v) is 11.6. The number of hydrogen-bond acceptors (Lipinski definition) is 5. The molecule has 0 saturated heterocycles. The zero-order valence-electron chi connectivity index (χ0n) is 11.6. The summed E-state index contributed by atoms with van der Waals surface area (Å²) in [7, 11) is 0. The first-order chi connectivity index (χ1) is 8.76. The van der Waals surface area contributed by atoms with Gasteiger partial charge in [-0.3, -0.25) is 16.0 Å². The van der Waals surface area contributed by atoms with Gasteiger partial charge >= 0.3 is 0 Å². The van der Waals surface area contributed by atoms with Crippen molar-refractivity contribution in [3.63, 3.8) is 0 Å². The van der Waals surface area contributed by atoms with Crippen molar-refractivity contribution >= 4 is 0 Å². The average molecular weight is 255 g/mol. The van der Waals surface area contributed by atoms with Crippen LogP contribution in [0.15, 0.2) is 6.33 Å². The molecular formula is C12H25N5O. The fourth-order valence-electron chi connectivity index (χ4n) is 2.07. The van der Waals surface area contributed by atoms with E-state index in [1.54, 1.807) is 6.33 Å². The van der Waals surface area contributed by atoms with E-state index in [9.17, 15) is 0 Å². The Balaban J connectivity index is 2.68. The standard InChI is InChI=1S/C12H25N5O/c1-4-7-17-12(14-9-15-17)8-10(16-13)11(5-2)18-6-3/h9-11,16H,4-8,13H2,1-3H3. The third-order valence-corrected chi connectivity index (χ3v) is 2.98. The summed E-state index contributed by atoms with van der Waals surface area (Å²) in [5, 5.41) is 4.22. The summed E-state index contributed by atoms with van der Waals surface area (Å²) in [6.07, 6.45) is 4.39. The van der Waals surface area contributed by atoms with Crippen molar-refractivity contribution in [2.24, 2.45) is 5.84 Å². The quantitative estimate of drug-likeness (QED) is 0.506. The van der Waals surface area contributed by atoms with Gasteiger partial charge in [0.25, 0.3) is 0 Å². The van der Waals surface area contributed by atoms with Gasteiger partial charge in [0.15, 0.2) is 0 Å². The summed E-state index contributed by atoms with van der Waals surface area (Å²) < 4.78 is 7.63. The molecule has 0 aromatic carbocycles. The zero-order chi connectivity index (χ0) is 13.4. The highest BCUT2D eigenvalue weighted by Gasteiger charge is 2.21. The van der Waals surface area contributed by atoms with E-state index in [2.05, 4.69) is 29.4 Å². The highest BCUT2D eigenvalue weighted by molar-refractivity contribution is 4.92. The number of nitrogens with one attached hydrogen (secondary N) is 1. The summed E-state index contributed by atoms with van der Waals surface area (Å²) in [6.45, 7) is 7.80. The van der Waals surface area contributed by atoms with Crippen LogP contribution in [0.1, 0.15) is 39.4 Å². The molecule has 1 aromatic rings. The van der Waals surface area contributed by atoms with Gasteiger partial charge in [0, 0.05) is 19.6 Å². The van der Waals surface area contributed by atoms with E-state index in [-0.39, 0.29) is 12.1 Å². The van der Waals surface area contributed by atoms with Gasteiger partial charge in [0.1, 0.15) is 12.2 Å². The van der Waals surface area contributed by atoms with Crippen molar-refractivity contribution in [3.8, 4) is 0 Å². The fraction of sp³-hybridized carbons (Fsp3) is 0.833. The van der Waals surface area contributed by atoms with Crippen molar-refractivity contribution < 1.29 is 4.74 Å². The first-order valence-corrected chi connectivity index (χ1v) is 6.71. The summed E-state index contributed by atoms with van der Waals surface area (Å²) in [5.41, 5.74) is 2.84. The lowest BCUT2D eigenvalue weighted by molar-refractivity contribution is 0.0312. The predicted octanol–water partition coefficient (Wildman–Crippen LogP) is 0.878. The largest absolute Gasteiger partial charge is 0.377 e. The molecule has 0 bridgehead atoms. The summed E-state index contributed by atoms with van der Waals surface area (Å²) in [5.74, 6) is 6.59. The topological polar surface area (TPSA) is 78.0 Å². The van der Waals surface area contributed by atoms with Gasteiger partial charge < -0.3 is 4.74 Å². The molecule has 0 fully saturated rings. The van der Waals surface area contributed by atoms with E-state index in [0.29, 0.717) is 6.61 Å². The molecule has 2 unspecified atom stereocenters. The van der Waals surface area contributed by atoms with Gasteiger partial charge in [0.2, 0.25) is 0 Å². The van der Waals surface area contributed by atoms with Crippen LogP contribution in [0.25, 0.3) is 0 Å². The van der Waals surface area contributed by atoms with E-state index < -0.39 is 0 Å². The summed E-state index contributed by atoms with van der Waals surface area (Å²) >= 11 is 0. The second-order valence-electron chi connectivity index (χ2n) is 4.28. The maximum atomic E-state index is 5.69. The number of aryl methyl sites for hydroxylation is 1. The molecule has 0 saturated carbocycles. The van der Waals surface area contributed by atoms with Crippen LogP contribution < -0.4 is 11.3 Å². The molecule has 0 aliphatic heterocycles. The molecule has 0 spiro atoms. The van der Waals surface area contributed by atoms with Crippen molar-refractivity contribution in [1.29, 1.82) is 0 Å². The van der Waals surface area contributed by atoms with E-state index in [0.717, 1.165) is 31.6 Å². The lowest BCUT2D eigenvalue weighted by Crippen LogP contribution is -2.47. The Morgan fingerprint density at radius 1 is 1.44 bits per heavy atom. The summed E-state index contributed by atoms with van der Waals surface area (Å²) in [4.78, 5) is 4.30. The fourth-order valence-corrected chi connectivity index (χ4v) is 2.07. The maximum Gasteiger partial charge on any atom is 0.138 e. The minimum Gasteiger partial charge on any atom is -0.377 e.